The minimum Gasteiger partial charge on any atom is -0.377 e. The molecule has 7 nitrogen and oxygen atoms in total. The number of halogens is 1. The quantitative estimate of drug-likeness (QED) is 0.733. The molecule has 2 heterocycles. The van der Waals surface area contributed by atoms with E-state index in [2.05, 4.69) is 9.97 Å². The number of aromatic nitrogens is 2. The van der Waals surface area contributed by atoms with Gasteiger partial charge in [-0.05, 0) is 0 Å². The van der Waals surface area contributed by atoms with Gasteiger partial charge in [0.15, 0.2) is 5.82 Å². The average Bonchev–Trinajstić information content (AvgIpc) is 2.32. The second-order valence-electron chi connectivity index (χ2n) is 3.59. The van der Waals surface area contributed by atoms with Crippen molar-refractivity contribution >= 4 is 29.3 Å². The number of nitrogens with two attached hydrogens (primary N) is 2. The van der Waals surface area contributed by atoms with Crippen molar-refractivity contribution in [1.82, 2.24) is 9.97 Å². The first kappa shape index (κ1) is 11.9. The zero-order valence-electron chi connectivity index (χ0n) is 8.97. The third-order valence-corrected chi connectivity index (χ3v) is 2.74. The molecule has 1 aliphatic heterocycles. The molecule has 0 saturated carbocycles. The van der Waals surface area contributed by atoms with Crippen molar-refractivity contribution in [3.63, 3.8) is 0 Å². The molecule has 17 heavy (non-hydrogen) atoms. The van der Waals surface area contributed by atoms with E-state index in [1.165, 1.54) is 6.20 Å². The summed E-state index contributed by atoms with van der Waals surface area (Å²) in [5.41, 5.74) is 10.8. The van der Waals surface area contributed by atoms with Gasteiger partial charge in [0.1, 0.15) is 11.1 Å². The van der Waals surface area contributed by atoms with Crippen LogP contribution in [0.25, 0.3) is 0 Å². The lowest BCUT2D eigenvalue weighted by molar-refractivity contribution is -0.121. The van der Waals surface area contributed by atoms with Crippen LogP contribution in [0.15, 0.2) is 6.20 Å². The summed E-state index contributed by atoms with van der Waals surface area (Å²) in [5, 5.41) is 0.326. The maximum atomic E-state index is 11.3. The molecule has 0 radical (unpaired) electrons. The summed E-state index contributed by atoms with van der Waals surface area (Å²) in [6, 6.07) is -0.587. The molecular formula is C9H12ClN5O2. The Kier molecular flexibility index (Phi) is 3.30. The first-order valence-corrected chi connectivity index (χ1v) is 5.39. The summed E-state index contributed by atoms with van der Waals surface area (Å²) in [7, 11) is 0. The molecule has 0 bridgehead atoms. The fourth-order valence-electron chi connectivity index (χ4n) is 1.67. The Morgan fingerprint density at radius 2 is 2.41 bits per heavy atom. The normalized spacial score (nSPS) is 20.3. The van der Waals surface area contributed by atoms with Crippen molar-refractivity contribution in [3.8, 4) is 0 Å². The molecule has 0 aromatic carbocycles. The monoisotopic (exact) mass is 257 g/mol. The largest absolute Gasteiger partial charge is 0.377 e. The minimum atomic E-state index is -0.587. The van der Waals surface area contributed by atoms with E-state index in [-0.39, 0.29) is 12.6 Å². The highest BCUT2D eigenvalue weighted by atomic mass is 35.5. The molecule has 1 atom stereocenters. The van der Waals surface area contributed by atoms with E-state index in [1.54, 1.807) is 4.90 Å². The molecule has 4 N–H and O–H groups in total. The maximum absolute atomic E-state index is 11.3. The van der Waals surface area contributed by atoms with Crippen LogP contribution in [-0.2, 0) is 9.53 Å². The summed E-state index contributed by atoms with van der Waals surface area (Å²) < 4.78 is 5.20. The second-order valence-corrected chi connectivity index (χ2v) is 3.99. The Morgan fingerprint density at radius 3 is 3.12 bits per heavy atom. The van der Waals surface area contributed by atoms with E-state index in [0.717, 1.165) is 0 Å². The number of carbonyl (C=O) groups excluding carboxylic acids is 1. The van der Waals surface area contributed by atoms with Crippen LogP contribution >= 0.6 is 11.6 Å². The summed E-state index contributed by atoms with van der Waals surface area (Å²) in [6.07, 6.45) is 1.40. The molecule has 1 aromatic rings. The van der Waals surface area contributed by atoms with Gasteiger partial charge in [-0.1, -0.05) is 11.6 Å². The van der Waals surface area contributed by atoms with Gasteiger partial charge in [-0.25, -0.2) is 4.98 Å². The fourth-order valence-corrected chi connectivity index (χ4v) is 1.87. The number of hydrogen-bond acceptors (Lipinski definition) is 6. The third-order valence-electron chi connectivity index (χ3n) is 2.47. The molecule has 0 spiro atoms. The maximum Gasteiger partial charge on any atom is 0.242 e. The van der Waals surface area contributed by atoms with Gasteiger partial charge in [0, 0.05) is 6.54 Å². The predicted molar refractivity (Wildman–Crippen MR) is 62.6 cm³/mol. The Bertz CT molecular complexity index is 441. The number of carbonyl (C=O) groups is 1. The topological polar surface area (TPSA) is 107 Å². The Labute approximate surface area is 103 Å². The first-order valence-electron chi connectivity index (χ1n) is 5.01. The number of ether oxygens (including phenoxy) is 1. The molecule has 1 aromatic heterocycles. The molecule has 0 aliphatic carbocycles. The number of amides is 1. The van der Waals surface area contributed by atoms with Crippen molar-refractivity contribution in [2.75, 3.05) is 30.4 Å². The van der Waals surface area contributed by atoms with E-state index in [1.807, 2.05) is 0 Å². The van der Waals surface area contributed by atoms with E-state index in [4.69, 9.17) is 27.8 Å². The van der Waals surface area contributed by atoms with Gasteiger partial charge in [0.05, 0.1) is 19.4 Å². The Morgan fingerprint density at radius 1 is 1.65 bits per heavy atom. The van der Waals surface area contributed by atoms with Crippen LogP contribution in [-0.4, -0.2) is 41.7 Å². The average molecular weight is 258 g/mol. The lowest BCUT2D eigenvalue weighted by Gasteiger charge is -2.34. The molecule has 92 valence electrons. The number of rotatable bonds is 2. The summed E-state index contributed by atoms with van der Waals surface area (Å²) in [5.74, 6) is 0.0170. The van der Waals surface area contributed by atoms with Gasteiger partial charge in [-0.3, -0.25) is 4.79 Å². The highest BCUT2D eigenvalue weighted by Gasteiger charge is 2.30. The molecule has 1 fully saturated rings. The summed E-state index contributed by atoms with van der Waals surface area (Å²) >= 11 is 5.98. The van der Waals surface area contributed by atoms with Gasteiger partial charge in [0.25, 0.3) is 0 Å². The van der Waals surface area contributed by atoms with Gasteiger partial charge < -0.3 is 21.1 Å². The van der Waals surface area contributed by atoms with Crippen molar-refractivity contribution in [1.29, 1.82) is 0 Å². The third kappa shape index (κ3) is 2.40. The van der Waals surface area contributed by atoms with E-state index in [0.29, 0.717) is 24.0 Å². The Hall–Kier alpha value is -1.60. The number of primary amides is 1. The highest BCUT2D eigenvalue weighted by Crippen LogP contribution is 2.26. The van der Waals surface area contributed by atoms with Gasteiger partial charge in [-0.2, -0.15) is 4.98 Å². The second kappa shape index (κ2) is 4.72. The molecular weight excluding hydrogens is 246 g/mol. The first-order chi connectivity index (χ1) is 8.09. The standard InChI is InChI=1S/C9H12ClN5O2/c10-5-3-13-9(12)14-8(5)15-1-2-17-4-6(15)7(11)16/h3,6H,1-2,4H2,(H2,11,16)(H2,12,13,14). The molecule has 1 amide bonds. The van der Waals surface area contributed by atoms with Crippen LogP contribution < -0.4 is 16.4 Å². The number of nitrogen functional groups attached to an aromatic ring is 1. The van der Waals surface area contributed by atoms with E-state index < -0.39 is 11.9 Å². The van der Waals surface area contributed by atoms with Crippen LogP contribution in [0, 0.1) is 0 Å². The summed E-state index contributed by atoms with van der Waals surface area (Å²) in [6.45, 7) is 1.17. The Balaban J connectivity index is 2.35. The summed E-state index contributed by atoms with van der Waals surface area (Å²) in [4.78, 5) is 20.8. The van der Waals surface area contributed by atoms with Crippen molar-refractivity contribution < 1.29 is 9.53 Å². The number of nitrogens with zero attached hydrogens (tertiary/aromatic N) is 3. The minimum absolute atomic E-state index is 0.0964. The lowest BCUT2D eigenvalue weighted by Crippen LogP contribution is -2.53. The number of morpholine rings is 1. The molecule has 8 heteroatoms. The molecule has 1 saturated heterocycles. The van der Waals surface area contributed by atoms with Gasteiger partial charge >= 0.3 is 0 Å². The molecule has 2 rings (SSSR count). The zero-order chi connectivity index (χ0) is 12.4. The van der Waals surface area contributed by atoms with Crippen molar-refractivity contribution in [3.05, 3.63) is 11.2 Å². The van der Waals surface area contributed by atoms with Crippen molar-refractivity contribution in [2.24, 2.45) is 5.73 Å². The van der Waals surface area contributed by atoms with Gasteiger partial charge in [-0.15, -0.1) is 0 Å². The van der Waals surface area contributed by atoms with Crippen LogP contribution in [0.3, 0.4) is 0 Å². The molecule has 1 unspecified atom stereocenters. The van der Waals surface area contributed by atoms with E-state index in [9.17, 15) is 4.79 Å². The van der Waals surface area contributed by atoms with Crippen LogP contribution in [0.4, 0.5) is 11.8 Å². The highest BCUT2D eigenvalue weighted by molar-refractivity contribution is 6.32. The zero-order valence-corrected chi connectivity index (χ0v) is 9.72. The number of anilines is 2. The van der Waals surface area contributed by atoms with Crippen LogP contribution in [0.5, 0.6) is 0 Å². The molecule has 1 aliphatic rings. The van der Waals surface area contributed by atoms with E-state index >= 15 is 0 Å². The SMILES string of the molecule is NC(=O)C1COCCN1c1nc(N)ncc1Cl. The van der Waals surface area contributed by atoms with Crippen LogP contribution in [0.1, 0.15) is 0 Å². The van der Waals surface area contributed by atoms with Gasteiger partial charge in [0.2, 0.25) is 11.9 Å². The predicted octanol–water partition coefficient (Wildman–Crippen LogP) is -0.597. The smallest absolute Gasteiger partial charge is 0.242 e. The van der Waals surface area contributed by atoms with Crippen molar-refractivity contribution in [2.45, 2.75) is 6.04 Å². The van der Waals surface area contributed by atoms with Crippen LogP contribution in [0.2, 0.25) is 5.02 Å². The lowest BCUT2D eigenvalue weighted by atomic mass is 10.2. The number of hydrogen-bond donors (Lipinski definition) is 2. The fraction of sp³-hybridized carbons (Fsp3) is 0.444.